The molecule has 0 radical (unpaired) electrons. The van der Waals surface area contributed by atoms with E-state index in [-0.39, 0.29) is 43.6 Å². The largest absolute Gasteiger partial charge is 0.480 e. The van der Waals surface area contributed by atoms with E-state index in [1.807, 2.05) is 34.6 Å². The predicted octanol–water partition coefficient (Wildman–Crippen LogP) is 0.786. The molecule has 0 rings (SSSR count). The Bertz CT molecular complexity index is 1010. The molecule has 2 amide bonds. The molecule has 2 atom stereocenters. The summed E-state index contributed by atoms with van der Waals surface area (Å²) >= 11 is 0. The highest BCUT2D eigenvalue weighted by atomic mass is 16.4. The first-order valence-electron chi connectivity index (χ1n) is 14.8. The molecule has 0 saturated carbocycles. The minimum atomic E-state index is -1.41. The van der Waals surface area contributed by atoms with Gasteiger partial charge >= 0.3 is 29.8 Å². The quantitative estimate of drug-likeness (QED) is 0.0716. The summed E-state index contributed by atoms with van der Waals surface area (Å²) in [6.45, 7) is 7.39. The smallest absolute Gasteiger partial charge is 0.326 e. The number of hydrogen-bond acceptors (Lipinski definition) is 9. The lowest BCUT2D eigenvalue weighted by Gasteiger charge is -2.31. The lowest BCUT2D eigenvalue weighted by molar-refractivity contribution is -0.147. The lowest BCUT2D eigenvalue weighted by atomic mass is 9.76. The molecule has 0 heterocycles. The van der Waals surface area contributed by atoms with Crippen molar-refractivity contribution in [3.8, 4) is 0 Å². The molecule has 2 unspecified atom stereocenters. The number of nitrogens with zero attached hydrogens (tertiary/aromatic N) is 2. The van der Waals surface area contributed by atoms with Crippen LogP contribution in [0.2, 0.25) is 0 Å². The Morgan fingerprint density at radius 3 is 1.60 bits per heavy atom. The minimum absolute atomic E-state index is 0.00769. The van der Waals surface area contributed by atoms with Crippen LogP contribution in [-0.4, -0.2) is 128 Å². The standard InChI is InChI=1S/C29H50N4O12/c1-28(2,3)18-29(4,5)27(45)30-12-8-6-10-19(26(43)44)31-25(42)20(33(16-23(38)39)17-24(40)41)11-7-9-13-32(14-21(34)35)15-22(36)37/h19-20H,6-18H2,1-5H3,(H,30,45)(H,31,42)(H,34,35)(H,36,37)(H,38,39)(H,40,41)(H,43,44). The highest BCUT2D eigenvalue weighted by Gasteiger charge is 2.33. The summed E-state index contributed by atoms with van der Waals surface area (Å²) in [6, 6.07) is -2.72. The van der Waals surface area contributed by atoms with E-state index < -0.39 is 79.4 Å². The maximum atomic E-state index is 13.3. The normalized spacial score (nSPS) is 13.2. The van der Waals surface area contributed by atoms with Gasteiger partial charge in [0.1, 0.15) is 6.04 Å². The molecular weight excluding hydrogens is 596 g/mol. The predicted molar refractivity (Wildman–Crippen MR) is 160 cm³/mol. The van der Waals surface area contributed by atoms with Gasteiger partial charge < -0.3 is 36.2 Å². The van der Waals surface area contributed by atoms with E-state index in [1.54, 1.807) is 0 Å². The average molecular weight is 647 g/mol. The maximum absolute atomic E-state index is 13.3. The molecule has 0 aliphatic heterocycles. The molecule has 0 spiro atoms. The highest BCUT2D eigenvalue weighted by Crippen LogP contribution is 2.33. The topological polar surface area (TPSA) is 251 Å². The van der Waals surface area contributed by atoms with Gasteiger partial charge in [0.2, 0.25) is 11.8 Å². The van der Waals surface area contributed by atoms with Gasteiger partial charge in [-0.1, -0.05) is 41.0 Å². The first kappa shape index (κ1) is 41.2. The summed E-state index contributed by atoms with van der Waals surface area (Å²) in [5, 5.41) is 51.6. The van der Waals surface area contributed by atoms with E-state index >= 15 is 0 Å². The molecule has 0 aliphatic rings. The highest BCUT2D eigenvalue weighted by molar-refractivity contribution is 5.88. The van der Waals surface area contributed by atoms with Crippen molar-refractivity contribution in [3.05, 3.63) is 0 Å². The Morgan fingerprint density at radius 1 is 0.667 bits per heavy atom. The second-order valence-electron chi connectivity index (χ2n) is 13.0. The number of amides is 2. The van der Waals surface area contributed by atoms with E-state index in [1.165, 1.54) is 0 Å². The zero-order chi connectivity index (χ0) is 35.0. The third-order valence-corrected chi connectivity index (χ3v) is 6.75. The van der Waals surface area contributed by atoms with Crippen LogP contribution in [0.15, 0.2) is 0 Å². The van der Waals surface area contributed by atoms with E-state index in [4.69, 9.17) is 10.2 Å². The fourth-order valence-corrected chi connectivity index (χ4v) is 5.22. The second kappa shape index (κ2) is 19.6. The molecule has 0 aromatic rings. The molecule has 7 N–H and O–H groups in total. The summed E-state index contributed by atoms with van der Waals surface area (Å²) in [7, 11) is 0. The van der Waals surface area contributed by atoms with Gasteiger partial charge in [-0.25, -0.2) is 4.79 Å². The molecule has 45 heavy (non-hydrogen) atoms. The number of rotatable bonds is 24. The maximum Gasteiger partial charge on any atom is 0.326 e. The molecule has 0 aromatic heterocycles. The Kier molecular flexibility index (Phi) is 17.9. The van der Waals surface area contributed by atoms with Crippen LogP contribution in [0.5, 0.6) is 0 Å². The van der Waals surface area contributed by atoms with Crippen LogP contribution in [0.1, 0.15) is 79.6 Å². The van der Waals surface area contributed by atoms with E-state index in [9.17, 15) is 48.9 Å². The Morgan fingerprint density at radius 2 is 1.16 bits per heavy atom. The number of aliphatic carboxylic acids is 5. The second-order valence-corrected chi connectivity index (χ2v) is 13.0. The van der Waals surface area contributed by atoms with Crippen LogP contribution in [-0.2, 0) is 33.6 Å². The first-order chi connectivity index (χ1) is 20.6. The van der Waals surface area contributed by atoms with Crippen LogP contribution in [0.3, 0.4) is 0 Å². The summed E-state index contributed by atoms with van der Waals surface area (Å²) in [6.07, 6.45) is 1.62. The number of unbranched alkanes of at least 4 members (excludes halogenated alkanes) is 2. The van der Waals surface area contributed by atoms with Crippen molar-refractivity contribution in [2.45, 2.75) is 91.6 Å². The number of carbonyl (C=O) groups is 7. The van der Waals surface area contributed by atoms with Gasteiger partial charge in [0, 0.05) is 12.0 Å². The van der Waals surface area contributed by atoms with Crippen LogP contribution in [0.25, 0.3) is 0 Å². The summed E-state index contributed by atoms with van der Waals surface area (Å²) in [5.74, 6) is -7.68. The number of carbonyl (C=O) groups excluding carboxylic acids is 2. The first-order valence-corrected chi connectivity index (χ1v) is 14.8. The van der Waals surface area contributed by atoms with Gasteiger partial charge in [-0.15, -0.1) is 0 Å². The third-order valence-electron chi connectivity index (χ3n) is 6.75. The fourth-order valence-electron chi connectivity index (χ4n) is 5.22. The minimum Gasteiger partial charge on any atom is -0.480 e. The Labute approximate surface area is 263 Å². The molecule has 16 nitrogen and oxygen atoms in total. The fraction of sp³-hybridized carbons (Fsp3) is 0.759. The average Bonchev–Trinajstić information content (AvgIpc) is 2.84. The number of hydrogen-bond donors (Lipinski definition) is 7. The van der Waals surface area contributed by atoms with Crippen LogP contribution >= 0.6 is 0 Å². The van der Waals surface area contributed by atoms with E-state index in [2.05, 4.69) is 10.6 Å². The number of carboxylic acid groups (broad SMARTS) is 5. The van der Waals surface area contributed by atoms with Gasteiger partial charge in [-0.2, -0.15) is 0 Å². The van der Waals surface area contributed by atoms with Gasteiger partial charge in [0.05, 0.1) is 32.2 Å². The molecule has 0 aromatic carbocycles. The molecule has 0 saturated heterocycles. The van der Waals surface area contributed by atoms with E-state index in [0.717, 1.165) is 9.80 Å². The van der Waals surface area contributed by atoms with Crippen LogP contribution in [0, 0.1) is 10.8 Å². The van der Waals surface area contributed by atoms with Gasteiger partial charge in [-0.3, -0.25) is 38.6 Å². The van der Waals surface area contributed by atoms with Crippen LogP contribution < -0.4 is 10.6 Å². The van der Waals surface area contributed by atoms with Crippen molar-refractivity contribution in [2.24, 2.45) is 10.8 Å². The summed E-state index contributed by atoms with van der Waals surface area (Å²) in [4.78, 5) is 84.8. The zero-order valence-electron chi connectivity index (χ0n) is 26.8. The summed E-state index contributed by atoms with van der Waals surface area (Å²) < 4.78 is 0. The van der Waals surface area contributed by atoms with Crippen molar-refractivity contribution >= 4 is 41.7 Å². The molecule has 16 heteroatoms. The number of carboxylic acids is 5. The van der Waals surface area contributed by atoms with Gasteiger partial charge in [-0.05, 0) is 50.5 Å². The molecule has 258 valence electrons. The van der Waals surface area contributed by atoms with Gasteiger partial charge in [0.15, 0.2) is 0 Å². The summed E-state index contributed by atoms with van der Waals surface area (Å²) in [5.41, 5.74) is -0.662. The van der Waals surface area contributed by atoms with Crippen molar-refractivity contribution in [3.63, 3.8) is 0 Å². The van der Waals surface area contributed by atoms with Gasteiger partial charge in [0.25, 0.3) is 0 Å². The zero-order valence-corrected chi connectivity index (χ0v) is 26.8. The molecule has 0 aliphatic carbocycles. The third kappa shape index (κ3) is 19.3. The van der Waals surface area contributed by atoms with Crippen molar-refractivity contribution in [1.29, 1.82) is 0 Å². The number of nitrogens with one attached hydrogen (secondary N) is 2. The van der Waals surface area contributed by atoms with Crippen molar-refractivity contribution in [2.75, 3.05) is 39.3 Å². The molecular formula is C29H50N4O12. The Hall–Kier alpha value is -3.79. The van der Waals surface area contributed by atoms with Crippen molar-refractivity contribution in [1.82, 2.24) is 20.4 Å². The van der Waals surface area contributed by atoms with Crippen LogP contribution in [0.4, 0.5) is 0 Å². The SMILES string of the molecule is CC(C)(C)CC(C)(C)C(=O)NCCCCC(NC(=O)C(CCCCN(CC(=O)O)CC(=O)O)N(CC(=O)O)CC(=O)O)C(=O)O. The van der Waals surface area contributed by atoms with Crippen molar-refractivity contribution < 1.29 is 59.1 Å². The Balaban J connectivity index is 5.42. The van der Waals surface area contributed by atoms with E-state index in [0.29, 0.717) is 25.8 Å². The molecule has 0 bridgehead atoms. The monoisotopic (exact) mass is 646 g/mol. The lowest BCUT2D eigenvalue weighted by Crippen LogP contribution is -2.54. The molecule has 0 fully saturated rings.